The van der Waals surface area contributed by atoms with E-state index in [0.29, 0.717) is 21.8 Å². The number of amides is 1. The lowest BCUT2D eigenvalue weighted by molar-refractivity contribution is -0.114. The largest absolute Gasteiger partial charge is 0.441 e. The lowest BCUT2D eigenvalue weighted by atomic mass is 10.1. The first-order valence-corrected chi connectivity index (χ1v) is 10.9. The van der Waals surface area contributed by atoms with Gasteiger partial charge in [0.1, 0.15) is 5.82 Å². The molecule has 0 spiro atoms. The number of alkyl halides is 3. The third kappa shape index (κ3) is 3.61. The fourth-order valence-electron chi connectivity index (χ4n) is 3.89. The summed E-state index contributed by atoms with van der Waals surface area (Å²) in [6.45, 7) is 2.03. The smallest absolute Gasteiger partial charge is 0.340 e. The number of amidine groups is 2. The maximum absolute atomic E-state index is 14.3. The fraction of sp³-hybridized carbons (Fsp3) is 0.130. The predicted molar refractivity (Wildman–Crippen MR) is 123 cm³/mol. The van der Waals surface area contributed by atoms with Crippen molar-refractivity contribution in [2.45, 2.75) is 19.6 Å². The number of fused-ring (bicyclic) bond motifs is 2. The number of hydrazone groups is 1. The summed E-state index contributed by atoms with van der Waals surface area (Å²) in [7, 11) is 0. The molecule has 0 atom stereocenters. The molecule has 3 aromatic rings. The number of aliphatic imine (C=N–C) groups is 1. The number of thioether (sulfide) groups is 1. The van der Waals surface area contributed by atoms with Crippen molar-refractivity contribution in [1.29, 1.82) is 5.41 Å². The Labute approximate surface area is 194 Å². The molecule has 0 saturated heterocycles. The number of carbonyl (C=O) groups is 1. The standard InChI is InChI=1S/C23H15F4N5OS/c1-12-15(10-16-19(28)32-22(29-20(16)33)34-21(30-32)23(25,26)27)14-7-3-5-9-18(14)31(12)11-13-6-2-4-8-17(13)24/h2-10,28H,11H2,1H3. The van der Waals surface area contributed by atoms with Gasteiger partial charge >= 0.3 is 6.18 Å². The summed E-state index contributed by atoms with van der Waals surface area (Å²) >= 11 is 0.202. The highest BCUT2D eigenvalue weighted by atomic mass is 32.2. The van der Waals surface area contributed by atoms with Crippen LogP contribution in [0.3, 0.4) is 0 Å². The Bertz CT molecular complexity index is 1470. The van der Waals surface area contributed by atoms with E-state index in [1.54, 1.807) is 31.2 Å². The molecule has 2 aliphatic rings. The summed E-state index contributed by atoms with van der Waals surface area (Å²) in [5, 5.41) is 11.8. The Kier molecular flexibility index (Phi) is 5.16. The van der Waals surface area contributed by atoms with Gasteiger partial charge in [0.25, 0.3) is 5.91 Å². The van der Waals surface area contributed by atoms with Crippen molar-refractivity contribution in [3.05, 3.63) is 76.7 Å². The van der Waals surface area contributed by atoms with Gasteiger partial charge in [-0.05, 0) is 36.9 Å². The van der Waals surface area contributed by atoms with E-state index < -0.39 is 23.0 Å². The average Bonchev–Trinajstić information content (AvgIpc) is 3.33. The zero-order chi connectivity index (χ0) is 24.2. The first-order chi connectivity index (χ1) is 16.1. The minimum Gasteiger partial charge on any atom is -0.340 e. The first kappa shape index (κ1) is 22.1. The van der Waals surface area contributed by atoms with Gasteiger partial charge in [-0.15, -0.1) is 0 Å². The quantitative estimate of drug-likeness (QED) is 0.403. The molecule has 1 N–H and O–H groups in total. The molecule has 5 rings (SSSR count). The van der Waals surface area contributed by atoms with Crippen LogP contribution in [-0.2, 0) is 11.3 Å². The lowest BCUT2D eigenvalue weighted by Gasteiger charge is -2.20. The van der Waals surface area contributed by atoms with Gasteiger partial charge < -0.3 is 4.57 Å². The highest BCUT2D eigenvalue weighted by molar-refractivity contribution is 8.27. The fourth-order valence-corrected chi connectivity index (χ4v) is 4.65. The van der Waals surface area contributed by atoms with Gasteiger partial charge in [-0.1, -0.05) is 36.4 Å². The number of rotatable bonds is 3. The zero-order valence-electron chi connectivity index (χ0n) is 17.5. The third-order valence-electron chi connectivity index (χ3n) is 5.55. The van der Waals surface area contributed by atoms with Crippen LogP contribution in [0.1, 0.15) is 16.8 Å². The van der Waals surface area contributed by atoms with E-state index in [2.05, 4.69) is 10.1 Å². The van der Waals surface area contributed by atoms with Crippen LogP contribution in [-0.4, -0.2) is 37.7 Å². The lowest BCUT2D eigenvalue weighted by Crippen LogP contribution is -2.35. The molecule has 2 aromatic carbocycles. The van der Waals surface area contributed by atoms with Gasteiger partial charge in [0.15, 0.2) is 5.84 Å². The molecule has 1 aromatic heterocycles. The summed E-state index contributed by atoms with van der Waals surface area (Å²) in [6.07, 6.45) is -3.28. The molecule has 3 heterocycles. The molecule has 34 heavy (non-hydrogen) atoms. The predicted octanol–water partition coefficient (Wildman–Crippen LogP) is 5.32. The molecule has 2 aliphatic heterocycles. The highest BCUT2D eigenvalue weighted by Gasteiger charge is 2.46. The Morgan fingerprint density at radius 2 is 1.82 bits per heavy atom. The number of aromatic nitrogens is 1. The van der Waals surface area contributed by atoms with Crippen LogP contribution >= 0.6 is 11.8 Å². The first-order valence-electron chi connectivity index (χ1n) is 10.0. The molecular formula is C23H15F4N5OS. The molecule has 0 bridgehead atoms. The van der Waals surface area contributed by atoms with Crippen molar-refractivity contribution in [2.24, 2.45) is 10.1 Å². The van der Waals surface area contributed by atoms with Crippen LogP contribution in [0, 0.1) is 18.2 Å². The van der Waals surface area contributed by atoms with E-state index >= 15 is 0 Å². The Morgan fingerprint density at radius 1 is 1.12 bits per heavy atom. The number of halogens is 4. The second-order valence-corrected chi connectivity index (χ2v) is 8.57. The van der Waals surface area contributed by atoms with E-state index in [4.69, 9.17) is 5.41 Å². The Hall–Kier alpha value is -3.73. The second-order valence-electron chi connectivity index (χ2n) is 7.62. The number of hydrogen-bond acceptors (Lipinski definition) is 4. The van der Waals surface area contributed by atoms with Crippen LogP contribution in [0.2, 0.25) is 0 Å². The number of para-hydroxylation sites is 1. The molecule has 0 unspecified atom stereocenters. The highest BCUT2D eigenvalue weighted by Crippen LogP contribution is 2.36. The minimum absolute atomic E-state index is 0.187. The molecule has 11 heteroatoms. The van der Waals surface area contributed by atoms with Gasteiger partial charge in [-0.25, -0.2) is 4.39 Å². The van der Waals surface area contributed by atoms with Crippen LogP contribution in [0.25, 0.3) is 17.0 Å². The van der Waals surface area contributed by atoms with Crippen LogP contribution in [0.5, 0.6) is 0 Å². The second kappa shape index (κ2) is 7.94. The monoisotopic (exact) mass is 485 g/mol. The number of nitrogens with zero attached hydrogens (tertiary/aromatic N) is 4. The number of nitrogens with one attached hydrogen (secondary N) is 1. The summed E-state index contributed by atoms with van der Waals surface area (Å²) in [5.41, 5.74) is 2.36. The maximum Gasteiger partial charge on any atom is 0.441 e. The minimum atomic E-state index is -4.71. The Morgan fingerprint density at radius 3 is 2.56 bits per heavy atom. The van der Waals surface area contributed by atoms with E-state index in [9.17, 15) is 22.4 Å². The summed E-state index contributed by atoms with van der Waals surface area (Å²) < 4.78 is 55.4. The number of hydrogen-bond donors (Lipinski definition) is 1. The van der Waals surface area contributed by atoms with Crippen molar-refractivity contribution >= 4 is 50.7 Å². The molecule has 0 radical (unpaired) electrons. The van der Waals surface area contributed by atoms with Crippen LogP contribution in [0.15, 0.2) is 64.2 Å². The van der Waals surface area contributed by atoms with Crippen LogP contribution < -0.4 is 0 Å². The molecule has 6 nitrogen and oxygen atoms in total. The molecule has 172 valence electrons. The van der Waals surface area contributed by atoms with Crippen molar-refractivity contribution in [3.63, 3.8) is 0 Å². The molecule has 0 saturated carbocycles. The van der Waals surface area contributed by atoms with Crippen molar-refractivity contribution in [2.75, 3.05) is 0 Å². The normalized spacial score (nSPS) is 17.4. The zero-order valence-corrected chi connectivity index (χ0v) is 18.3. The van der Waals surface area contributed by atoms with Gasteiger partial charge in [-0.3, -0.25) is 10.2 Å². The Balaban J connectivity index is 1.61. The van der Waals surface area contributed by atoms with E-state index in [1.165, 1.54) is 12.1 Å². The van der Waals surface area contributed by atoms with E-state index in [0.717, 1.165) is 10.9 Å². The van der Waals surface area contributed by atoms with E-state index in [-0.39, 0.29) is 34.9 Å². The van der Waals surface area contributed by atoms with Crippen molar-refractivity contribution < 1.29 is 22.4 Å². The topological polar surface area (TPSA) is 73.8 Å². The number of carbonyl (C=O) groups excluding carboxylic acids is 1. The summed E-state index contributed by atoms with van der Waals surface area (Å²) in [5.74, 6) is -1.67. The van der Waals surface area contributed by atoms with E-state index in [1.807, 2.05) is 22.8 Å². The van der Waals surface area contributed by atoms with Gasteiger partial charge in [-0.2, -0.15) is 28.3 Å². The van der Waals surface area contributed by atoms with Gasteiger partial charge in [0, 0.05) is 27.7 Å². The van der Waals surface area contributed by atoms with Gasteiger partial charge in [0.2, 0.25) is 10.2 Å². The van der Waals surface area contributed by atoms with Crippen molar-refractivity contribution in [1.82, 2.24) is 9.58 Å². The summed E-state index contributed by atoms with van der Waals surface area (Å²) in [6, 6.07) is 13.7. The average molecular weight is 485 g/mol. The number of benzene rings is 2. The summed E-state index contributed by atoms with van der Waals surface area (Å²) in [4.78, 5) is 16.4. The molecule has 0 fully saturated rings. The SMILES string of the molecule is Cc1c(C=C2C(=N)N3N=C(C(F)(F)F)SC3=NC2=O)c2ccccc2n1Cc1ccccc1F. The van der Waals surface area contributed by atoms with Gasteiger partial charge in [0.05, 0.1) is 12.1 Å². The maximum atomic E-state index is 14.3. The third-order valence-corrected chi connectivity index (χ3v) is 6.50. The van der Waals surface area contributed by atoms with Crippen LogP contribution in [0.4, 0.5) is 17.6 Å². The molecule has 0 aliphatic carbocycles. The van der Waals surface area contributed by atoms with Crippen molar-refractivity contribution in [3.8, 4) is 0 Å². The molecule has 1 amide bonds. The molecular weight excluding hydrogens is 470 g/mol.